The predicted molar refractivity (Wildman–Crippen MR) is 82.5 cm³/mol. The summed E-state index contributed by atoms with van der Waals surface area (Å²) in [6.07, 6.45) is 0. The molecule has 0 N–H and O–H groups in total. The van der Waals surface area contributed by atoms with Crippen molar-refractivity contribution in [3.8, 4) is 0 Å². The minimum Gasteiger partial charge on any atom is -0.113 e. The van der Waals surface area contributed by atoms with Crippen molar-refractivity contribution < 1.29 is 0 Å². The van der Waals surface area contributed by atoms with Crippen molar-refractivity contribution in [2.45, 2.75) is 8.42 Å². The van der Waals surface area contributed by atoms with Crippen LogP contribution >= 0.6 is 95.6 Å². The Morgan fingerprint density at radius 2 is 1.42 bits per heavy atom. The Balaban J connectivity index is 0.000000336. The molecule has 0 bridgehead atoms. The van der Waals surface area contributed by atoms with Gasteiger partial charge in [0.05, 0.1) is 8.42 Å². The predicted octanol–water partition coefficient (Wildman–Crippen LogP) is 5.51. The van der Waals surface area contributed by atoms with Gasteiger partial charge in [-0.15, -0.1) is 46.2 Å². The first-order valence-electron chi connectivity index (χ1n) is 2.90. The van der Waals surface area contributed by atoms with Crippen LogP contribution in [0.2, 0.25) is 0 Å². The summed E-state index contributed by atoms with van der Waals surface area (Å²) in [5.41, 5.74) is 0. The van der Waals surface area contributed by atoms with E-state index in [2.05, 4.69) is 37.2 Å². The monoisotopic (exact) mass is 478 g/mol. The highest BCUT2D eigenvalue weighted by atomic mass is 128. The fourth-order valence-corrected chi connectivity index (χ4v) is 6.92. The normalized spacial score (nSPS) is 14.5. The highest BCUT2D eigenvalue weighted by Crippen LogP contribution is 2.44. The molecule has 12 heavy (non-hydrogen) atoms. The molecule has 0 spiro atoms. The second-order valence-electron chi connectivity index (χ2n) is 1.73. The zero-order chi connectivity index (χ0) is 8.97. The maximum absolute atomic E-state index is 5.09. The lowest BCUT2D eigenvalue weighted by atomic mass is 11.0. The summed E-state index contributed by atoms with van der Waals surface area (Å²) < 4.78 is 3.98. The molecule has 2 heterocycles. The molecule has 1 aliphatic rings. The summed E-state index contributed by atoms with van der Waals surface area (Å²) in [6, 6.07) is 0. The van der Waals surface area contributed by atoms with Gasteiger partial charge in [-0.05, 0) is 0 Å². The molecule has 1 aromatic heterocycles. The zero-order valence-electron chi connectivity index (χ0n) is 5.71. The van der Waals surface area contributed by atoms with Crippen molar-refractivity contribution in [2.24, 2.45) is 0 Å². The van der Waals surface area contributed by atoms with E-state index in [-0.39, 0.29) is 0 Å². The molecule has 7 heteroatoms. The first-order chi connectivity index (χ1) is 5.86. The third-order valence-electron chi connectivity index (χ3n) is 1.07. The van der Waals surface area contributed by atoms with Gasteiger partial charge in [-0.2, -0.15) is 0 Å². The van der Waals surface area contributed by atoms with E-state index in [1.54, 1.807) is 22.7 Å². The number of halogens is 2. The topological polar surface area (TPSA) is 0 Å². The number of hydrogen-bond donors (Lipinski definition) is 0. The Bertz CT molecular complexity index is 264. The van der Waals surface area contributed by atoms with Crippen LogP contribution in [0.25, 0.3) is 0 Å². The molecule has 0 nitrogen and oxygen atoms in total. The van der Waals surface area contributed by atoms with Crippen molar-refractivity contribution in [1.29, 1.82) is 0 Å². The molecular weight excluding hydrogens is 474 g/mol. The van der Waals surface area contributed by atoms with Crippen molar-refractivity contribution in [3.05, 3.63) is 3.14 Å². The first kappa shape index (κ1) is 12.5. The minimum absolute atomic E-state index is 1.08. The Morgan fingerprint density at radius 3 is 1.83 bits per heavy atom. The van der Waals surface area contributed by atoms with Gasteiger partial charge in [0, 0.05) is 48.7 Å². The van der Waals surface area contributed by atoms with Crippen LogP contribution in [0.3, 0.4) is 0 Å². The van der Waals surface area contributed by atoms with E-state index < -0.39 is 0 Å². The molecule has 0 unspecified atom stereocenters. The van der Waals surface area contributed by atoms with Crippen molar-refractivity contribution in [1.82, 2.24) is 0 Å². The summed E-state index contributed by atoms with van der Waals surface area (Å²) in [4.78, 5) is 0. The van der Waals surface area contributed by atoms with Crippen LogP contribution in [0, 0.1) is 3.14 Å². The number of thioether (sulfide) groups is 2. The fourth-order valence-electron chi connectivity index (χ4n) is 0.701. The Kier molecular flexibility index (Phi) is 7.11. The second kappa shape index (κ2) is 6.83. The molecule has 0 atom stereocenters. The number of fused-ring (bicyclic) bond motifs is 1. The van der Waals surface area contributed by atoms with Crippen molar-refractivity contribution >= 4 is 95.6 Å². The molecular formula is C5H4I2S5. The maximum atomic E-state index is 5.09. The summed E-state index contributed by atoms with van der Waals surface area (Å²) in [5, 5.41) is 0. The molecule has 0 saturated heterocycles. The van der Waals surface area contributed by atoms with Crippen LogP contribution in [0.5, 0.6) is 0 Å². The molecule has 1 aliphatic heterocycles. The Labute approximate surface area is 117 Å². The molecule has 0 aromatic carbocycles. The van der Waals surface area contributed by atoms with Gasteiger partial charge in [0.15, 0.2) is 0 Å². The third kappa shape index (κ3) is 3.54. The molecule has 1 aromatic rings. The number of hydrogen-bond acceptors (Lipinski definition) is 5. The highest BCUT2D eigenvalue weighted by Gasteiger charge is 2.12. The van der Waals surface area contributed by atoms with E-state index in [0.717, 1.165) is 3.14 Å². The SMILES string of the molecule is II.S=c1sc2c(s1)SCCS2. The van der Waals surface area contributed by atoms with Crippen LogP contribution in [0.15, 0.2) is 8.42 Å². The maximum Gasteiger partial charge on any atom is 0.145 e. The molecule has 0 aliphatic carbocycles. The van der Waals surface area contributed by atoms with Gasteiger partial charge in [0.1, 0.15) is 3.14 Å². The molecule has 0 radical (unpaired) electrons. The molecule has 0 amide bonds. The lowest BCUT2D eigenvalue weighted by Crippen LogP contribution is -1.87. The smallest absolute Gasteiger partial charge is 0.113 e. The van der Waals surface area contributed by atoms with E-state index in [1.807, 2.05) is 23.5 Å². The summed E-state index contributed by atoms with van der Waals surface area (Å²) in [6.45, 7) is 0. The van der Waals surface area contributed by atoms with Crippen LogP contribution in [-0.4, -0.2) is 11.5 Å². The van der Waals surface area contributed by atoms with E-state index in [9.17, 15) is 0 Å². The molecule has 2 rings (SSSR count). The summed E-state index contributed by atoms with van der Waals surface area (Å²) in [5.74, 6) is 2.50. The second-order valence-corrected chi connectivity index (χ2v) is 7.68. The van der Waals surface area contributed by atoms with Crippen molar-refractivity contribution in [3.63, 3.8) is 0 Å². The van der Waals surface area contributed by atoms with Gasteiger partial charge >= 0.3 is 0 Å². The van der Waals surface area contributed by atoms with Gasteiger partial charge in [0.25, 0.3) is 0 Å². The zero-order valence-corrected chi connectivity index (χ0v) is 14.1. The molecule has 0 saturated carbocycles. The average molecular weight is 478 g/mol. The van der Waals surface area contributed by atoms with Crippen LogP contribution in [0.1, 0.15) is 0 Å². The minimum atomic E-state index is 1.08. The lowest BCUT2D eigenvalue weighted by Gasteiger charge is -2.06. The van der Waals surface area contributed by atoms with Crippen LogP contribution < -0.4 is 0 Å². The Morgan fingerprint density at radius 1 is 1.00 bits per heavy atom. The number of rotatable bonds is 0. The van der Waals surface area contributed by atoms with Gasteiger partial charge < -0.3 is 0 Å². The summed E-state index contributed by atoms with van der Waals surface area (Å²) >= 11 is 16.8. The van der Waals surface area contributed by atoms with Gasteiger partial charge in [-0.25, -0.2) is 0 Å². The standard InChI is InChI=1S/C5H4S5.I2/c6-5-9-3-4(10-5)8-2-1-7-3;1-2/h1-2H2;. The van der Waals surface area contributed by atoms with Crippen LogP contribution in [0.4, 0.5) is 0 Å². The third-order valence-corrected chi connectivity index (χ3v) is 6.91. The largest absolute Gasteiger partial charge is 0.145 e. The lowest BCUT2D eigenvalue weighted by molar-refractivity contribution is 1.42. The highest BCUT2D eigenvalue weighted by molar-refractivity contribution is 15.0. The van der Waals surface area contributed by atoms with Gasteiger partial charge in [-0.1, -0.05) is 12.2 Å². The van der Waals surface area contributed by atoms with E-state index >= 15 is 0 Å². The van der Waals surface area contributed by atoms with Crippen molar-refractivity contribution in [2.75, 3.05) is 11.5 Å². The van der Waals surface area contributed by atoms with Gasteiger partial charge in [0.2, 0.25) is 0 Å². The Hall–Kier alpha value is 2.43. The van der Waals surface area contributed by atoms with E-state index in [0.29, 0.717) is 0 Å². The van der Waals surface area contributed by atoms with E-state index in [1.165, 1.54) is 19.9 Å². The molecule has 0 fully saturated rings. The first-order valence-corrected chi connectivity index (χ1v) is 13.2. The van der Waals surface area contributed by atoms with E-state index in [4.69, 9.17) is 12.2 Å². The fraction of sp³-hybridized carbons (Fsp3) is 0.400. The quantitative estimate of drug-likeness (QED) is 0.357. The average Bonchev–Trinajstić information content (AvgIpc) is 2.48. The summed E-state index contributed by atoms with van der Waals surface area (Å²) in [7, 11) is 0. The molecule has 68 valence electrons. The van der Waals surface area contributed by atoms with Crippen LogP contribution in [-0.2, 0) is 0 Å². The van der Waals surface area contributed by atoms with Gasteiger partial charge in [-0.3, -0.25) is 0 Å².